The zero-order valence-electron chi connectivity index (χ0n) is 30.5. The molecule has 1 nitrogen and oxygen atoms in total. The zero-order chi connectivity index (χ0) is 35.6. The highest BCUT2D eigenvalue weighted by atomic mass is 15.2. The first-order valence-electron chi connectivity index (χ1n) is 18.9. The van der Waals surface area contributed by atoms with Crippen molar-refractivity contribution in [1.82, 2.24) is 0 Å². The number of nitrogens with zero attached hydrogens (tertiary/aromatic N) is 1. The van der Waals surface area contributed by atoms with Gasteiger partial charge in [-0.25, -0.2) is 0 Å². The zero-order valence-corrected chi connectivity index (χ0v) is 30.5. The lowest BCUT2D eigenvalue weighted by molar-refractivity contribution is 0.667. The molecule has 1 heteroatoms. The molecular formula is C52H39N. The van der Waals surface area contributed by atoms with Crippen LogP contribution >= 0.6 is 0 Å². The third-order valence-electron chi connectivity index (χ3n) is 12.5. The van der Waals surface area contributed by atoms with E-state index >= 15 is 0 Å². The molecule has 0 saturated carbocycles. The van der Waals surface area contributed by atoms with Gasteiger partial charge in [0, 0.05) is 38.4 Å². The monoisotopic (exact) mass is 677 g/mol. The van der Waals surface area contributed by atoms with E-state index in [2.05, 4.69) is 196 Å². The number of hydrogen-bond acceptors (Lipinski definition) is 1. The molecule has 9 aromatic rings. The van der Waals surface area contributed by atoms with Crippen molar-refractivity contribution in [1.29, 1.82) is 0 Å². The second-order valence-corrected chi connectivity index (χ2v) is 16.1. The first kappa shape index (κ1) is 30.4. The average Bonchev–Trinajstić information content (AvgIpc) is 3.57. The minimum atomic E-state index is -0.207. The lowest BCUT2D eigenvalue weighted by Crippen LogP contribution is -2.18. The molecule has 9 aromatic carbocycles. The highest BCUT2D eigenvalue weighted by Gasteiger charge is 2.43. The van der Waals surface area contributed by atoms with E-state index in [9.17, 15) is 0 Å². The second kappa shape index (κ2) is 10.7. The van der Waals surface area contributed by atoms with Gasteiger partial charge in [0.05, 0.1) is 11.4 Å². The van der Waals surface area contributed by atoms with Gasteiger partial charge in [-0.15, -0.1) is 0 Å². The van der Waals surface area contributed by atoms with Crippen molar-refractivity contribution >= 4 is 60.2 Å². The Morgan fingerprint density at radius 2 is 0.736 bits per heavy atom. The molecule has 0 atom stereocenters. The summed E-state index contributed by atoms with van der Waals surface area (Å²) in [4.78, 5) is 2.64. The molecule has 0 aliphatic heterocycles. The van der Waals surface area contributed by atoms with Crippen LogP contribution in [0.3, 0.4) is 0 Å². The molecule has 0 unspecified atom stereocenters. The predicted octanol–water partition coefficient (Wildman–Crippen LogP) is 14.4. The van der Waals surface area contributed by atoms with Crippen LogP contribution in [0.2, 0.25) is 0 Å². The van der Waals surface area contributed by atoms with Crippen LogP contribution < -0.4 is 4.90 Å². The standard InChI is InChI=1S/C52H39N/c1-51(2)43-30-34-18-10-14-24-39(34)49(45(43)41-28-26-32-16-8-12-22-37(32)47(41)51)53(36-20-6-5-7-21-36)50-40-25-15-11-19-35(40)31-44-46(50)42-29-27-33-17-9-13-23-38(33)48(42)52(44,3)4/h5-31H,1-4H3. The fourth-order valence-electron chi connectivity index (χ4n) is 10.2. The van der Waals surface area contributed by atoms with Crippen LogP contribution in [-0.2, 0) is 10.8 Å². The third-order valence-corrected chi connectivity index (χ3v) is 12.5. The molecule has 0 amide bonds. The van der Waals surface area contributed by atoms with Crippen molar-refractivity contribution in [3.63, 3.8) is 0 Å². The molecule has 0 fully saturated rings. The summed E-state index contributed by atoms with van der Waals surface area (Å²) in [6.45, 7) is 9.70. The minimum absolute atomic E-state index is 0.207. The van der Waals surface area contributed by atoms with E-state index in [1.807, 2.05) is 0 Å². The van der Waals surface area contributed by atoms with Crippen molar-refractivity contribution in [2.45, 2.75) is 38.5 Å². The highest BCUT2D eigenvalue weighted by Crippen LogP contribution is 2.62. The maximum absolute atomic E-state index is 2.64. The first-order valence-corrected chi connectivity index (χ1v) is 18.9. The quantitative estimate of drug-likeness (QED) is 0.180. The fourth-order valence-corrected chi connectivity index (χ4v) is 10.2. The van der Waals surface area contributed by atoms with Gasteiger partial charge < -0.3 is 4.90 Å². The summed E-state index contributed by atoms with van der Waals surface area (Å²) in [7, 11) is 0. The van der Waals surface area contributed by atoms with Gasteiger partial charge in [0.15, 0.2) is 0 Å². The number of rotatable bonds is 3. The van der Waals surface area contributed by atoms with Crippen LogP contribution in [0.5, 0.6) is 0 Å². The molecule has 0 aromatic heterocycles. The van der Waals surface area contributed by atoms with Crippen LogP contribution in [0.15, 0.2) is 164 Å². The van der Waals surface area contributed by atoms with E-state index in [1.165, 1.54) is 99.0 Å². The maximum atomic E-state index is 2.64. The number of anilines is 3. The lowest BCUT2D eigenvalue weighted by Gasteiger charge is -2.33. The van der Waals surface area contributed by atoms with Gasteiger partial charge in [-0.3, -0.25) is 0 Å². The smallest absolute Gasteiger partial charge is 0.0622 e. The Balaban J connectivity index is 1.35. The van der Waals surface area contributed by atoms with E-state index in [0.29, 0.717) is 0 Å². The van der Waals surface area contributed by atoms with Crippen LogP contribution in [0.25, 0.3) is 65.3 Å². The summed E-state index contributed by atoms with van der Waals surface area (Å²) < 4.78 is 0. The Bertz CT molecular complexity index is 2810. The van der Waals surface area contributed by atoms with Gasteiger partial charge in [-0.1, -0.05) is 167 Å². The number of benzene rings is 9. The average molecular weight is 678 g/mol. The predicted molar refractivity (Wildman–Crippen MR) is 226 cm³/mol. The topological polar surface area (TPSA) is 3.24 Å². The third kappa shape index (κ3) is 4.03. The summed E-state index contributed by atoms with van der Waals surface area (Å²) in [5.41, 5.74) is 14.1. The van der Waals surface area contributed by atoms with E-state index in [1.54, 1.807) is 0 Å². The Hall–Kier alpha value is -6.18. The first-order chi connectivity index (χ1) is 25.8. The normalized spacial score (nSPS) is 14.7. The minimum Gasteiger partial charge on any atom is -0.308 e. The molecule has 0 bridgehead atoms. The van der Waals surface area contributed by atoms with Crippen LogP contribution in [0.4, 0.5) is 17.1 Å². The van der Waals surface area contributed by atoms with E-state index in [4.69, 9.17) is 0 Å². The summed E-state index contributed by atoms with van der Waals surface area (Å²) in [5.74, 6) is 0. The summed E-state index contributed by atoms with van der Waals surface area (Å²) in [5, 5.41) is 10.3. The number of para-hydroxylation sites is 1. The van der Waals surface area contributed by atoms with Crippen LogP contribution in [0, 0.1) is 0 Å². The van der Waals surface area contributed by atoms with E-state index in [0.717, 1.165) is 5.69 Å². The van der Waals surface area contributed by atoms with E-state index < -0.39 is 0 Å². The van der Waals surface area contributed by atoms with Crippen LogP contribution in [-0.4, -0.2) is 0 Å². The highest BCUT2D eigenvalue weighted by molar-refractivity contribution is 6.17. The van der Waals surface area contributed by atoms with Gasteiger partial charge in [-0.05, 0) is 90.0 Å². The molecule has 0 heterocycles. The van der Waals surface area contributed by atoms with Gasteiger partial charge >= 0.3 is 0 Å². The van der Waals surface area contributed by atoms with Crippen molar-refractivity contribution in [2.24, 2.45) is 0 Å². The molecule has 0 spiro atoms. The Morgan fingerprint density at radius 3 is 1.19 bits per heavy atom. The van der Waals surface area contributed by atoms with Gasteiger partial charge in [0.2, 0.25) is 0 Å². The van der Waals surface area contributed by atoms with E-state index in [-0.39, 0.29) is 10.8 Å². The molecule has 2 aliphatic carbocycles. The Kier molecular flexibility index (Phi) is 6.14. The van der Waals surface area contributed by atoms with Crippen molar-refractivity contribution in [3.05, 3.63) is 186 Å². The Labute approximate surface area is 310 Å². The van der Waals surface area contributed by atoms with Gasteiger partial charge in [0.1, 0.15) is 0 Å². The molecule has 0 saturated heterocycles. The summed E-state index contributed by atoms with van der Waals surface area (Å²) >= 11 is 0. The lowest BCUT2D eigenvalue weighted by atomic mass is 9.79. The fraction of sp³-hybridized carbons (Fsp3) is 0.115. The van der Waals surface area contributed by atoms with Crippen LogP contribution in [0.1, 0.15) is 49.9 Å². The molecule has 252 valence electrons. The van der Waals surface area contributed by atoms with Gasteiger partial charge in [0.25, 0.3) is 0 Å². The molecule has 0 radical (unpaired) electrons. The molecule has 2 aliphatic rings. The number of hydrogen-bond donors (Lipinski definition) is 0. The molecule has 11 rings (SSSR count). The summed E-state index contributed by atoms with van der Waals surface area (Å²) in [6.07, 6.45) is 0. The van der Waals surface area contributed by atoms with Crippen molar-refractivity contribution in [2.75, 3.05) is 4.90 Å². The van der Waals surface area contributed by atoms with Gasteiger partial charge in [-0.2, -0.15) is 0 Å². The largest absolute Gasteiger partial charge is 0.308 e. The van der Waals surface area contributed by atoms with Crippen molar-refractivity contribution < 1.29 is 0 Å². The molecule has 53 heavy (non-hydrogen) atoms. The molecule has 0 N–H and O–H groups in total. The number of fused-ring (bicyclic) bond motifs is 12. The summed E-state index contributed by atoms with van der Waals surface area (Å²) in [6, 6.07) is 61.4. The maximum Gasteiger partial charge on any atom is 0.0622 e. The molecular weight excluding hydrogens is 639 g/mol. The Morgan fingerprint density at radius 1 is 0.358 bits per heavy atom. The van der Waals surface area contributed by atoms with Crippen molar-refractivity contribution in [3.8, 4) is 22.3 Å². The SMILES string of the molecule is CC1(C)c2cc3ccccc3c(N(c3ccccc3)c3c4c(cc5ccccc35)C(C)(C)c3c-4ccc4ccccc34)c2-c2ccc3ccccc3c21. The second-order valence-electron chi connectivity index (χ2n) is 16.1.